The Morgan fingerprint density at radius 2 is 1.76 bits per heavy atom. The van der Waals surface area contributed by atoms with Crippen molar-refractivity contribution in [1.82, 2.24) is 5.32 Å². The van der Waals surface area contributed by atoms with Crippen LogP contribution in [0, 0.1) is 11.6 Å². The van der Waals surface area contributed by atoms with Gasteiger partial charge in [-0.1, -0.05) is 18.2 Å². The highest BCUT2D eigenvalue weighted by Crippen LogP contribution is 2.17. The molecule has 2 aromatic carbocycles. The van der Waals surface area contributed by atoms with Crippen LogP contribution in [-0.4, -0.2) is 6.61 Å². The van der Waals surface area contributed by atoms with E-state index < -0.39 is 11.6 Å². The molecule has 0 aliphatic rings. The fraction of sp³-hybridized carbons (Fsp3) is 0.294. The van der Waals surface area contributed by atoms with Crippen LogP contribution < -0.4 is 10.1 Å². The normalized spacial score (nSPS) is 12.2. The zero-order valence-electron chi connectivity index (χ0n) is 12.2. The van der Waals surface area contributed by atoms with E-state index in [-0.39, 0.29) is 6.04 Å². The van der Waals surface area contributed by atoms with Gasteiger partial charge in [-0.05, 0) is 49.2 Å². The van der Waals surface area contributed by atoms with Crippen LogP contribution in [0.2, 0.25) is 0 Å². The first kappa shape index (κ1) is 15.4. The van der Waals surface area contributed by atoms with E-state index in [0.717, 1.165) is 22.9 Å². The standard InChI is InChI=1S/C17H19F2NO/c1-3-21-15-7-4-13(5-8-15)11-20-12(2)14-6-9-16(18)17(19)10-14/h4-10,12,20H,3,11H2,1-2H3. The molecular weight excluding hydrogens is 272 g/mol. The lowest BCUT2D eigenvalue weighted by molar-refractivity contribution is 0.340. The third kappa shape index (κ3) is 4.26. The van der Waals surface area contributed by atoms with Gasteiger partial charge >= 0.3 is 0 Å². The molecule has 0 saturated carbocycles. The van der Waals surface area contributed by atoms with Crippen LogP contribution in [-0.2, 0) is 6.54 Å². The summed E-state index contributed by atoms with van der Waals surface area (Å²) in [7, 11) is 0. The highest BCUT2D eigenvalue weighted by molar-refractivity contribution is 5.27. The topological polar surface area (TPSA) is 21.3 Å². The maximum Gasteiger partial charge on any atom is 0.159 e. The summed E-state index contributed by atoms with van der Waals surface area (Å²) in [5, 5.41) is 3.28. The second-order valence-electron chi connectivity index (χ2n) is 4.85. The van der Waals surface area contributed by atoms with Crippen LogP contribution in [0.15, 0.2) is 42.5 Å². The Hall–Kier alpha value is -1.94. The molecule has 0 bridgehead atoms. The van der Waals surface area contributed by atoms with Crippen molar-refractivity contribution in [3.63, 3.8) is 0 Å². The minimum Gasteiger partial charge on any atom is -0.494 e. The smallest absolute Gasteiger partial charge is 0.159 e. The van der Waals surface area contributed by atoms with Gasteiger partial charge in [0, 0.05) is 12.6 Å². The summed E-state index contributed by atoms with van der Waals surface area (Å²) in [4.78, 5) is 0. The van der Waals surface area contributed by atoms with Crippen molar-refractivity contribution in [2.45, 2.75) is 26.4 Å². The summed E-state index contributed by atoms with van der Waals surface area (Å²) < 4.78 is 31.5. The van der Waals surface area contributed by atoms with Gasteiger partial charge in [0.1, 0.15) is 5.75 Å². The predicted octanol–water partition coefficient (Wildman–Crippen LogP) is 4.21. The summed E-state index contributed by atoms with van der Waals surface area (Å²) in [6.07, 6.45) is 0. The van der Waals surface area contributed by atoms with Gasteiger partial charge in [-0.3, -0.25) is 0 Å². The van der Waals surface area contributed by atoms with Gasteiger partial charge in [0.2, 0.25) is 0 Å². The molecule has 0 aliphatic heterocycles. The first-order valence-corrected chi connectivity index (χ1v) is 7.00. The molecule has 1 unspecified atom stereocenters. The third-order valence-electron chi connectivity index (χ3n) is 3.29. The number of benzene rings is 2. The first-order valence-electron chi connectivity index (χ1n) is 7.00. The van der Waals surface area contributed by atoms with Crippen LogP contribution in [0.25, 0.3) is 0 Å². The maximum atomic E-state index is 13.2. The molecule has 0 aromatic heterocycles. The van der Waals surface area contributed by atoms with Crippen molar-refractivity contribution in [3.05, 3.63) is 65.2 Å². The molecular formula is C17H19F2NO. The minimum atomic E-state index is -0.822. The van der Waals surface area contributed by atoms with Gasteiger partial charge in [-0.2, -0.15) is 0 Å². The van der Waals surface area contributed by atoms with Crippen molar-refractivity contribution in [2.75, 3.05) is 6.61 Å². The molecule has 1 N–H and O–H groups in total. The molecule has 0 aliphatic carbocycles. The fourth-order valence-electron chi connectivity index (χ4n) is 2.04. The minimum absolute atomic E-state index is 0.0633. The SMILES string of the molecule is CCOc1ccc(CNC(C)c2ccc(F)c(F)c2)cc1. The number of halogens is 2. The lowest BCUT2D eigenvalue weighted by atomic mass is 10.1. The Kier molecular flexibility index (Phi) is 5.28. The van der Waals surface area contributed by atoms with Crippen molar-refractivity contribution < 1.29 is 13.5 Å². The molecule has 0 spiro atoms. The molecule has 0 heterocycles. The van der Waals surface area contributed by atoms with Crippen LogP contribution in [0.1, 0.15) is 31.0 Å². The van der Waals surface area contributed by atoms with Crippen molar-refractivity contribution >= 4 is 0 Å². The van der Waals surface area contributed by atoms with Crippen LogP contribution in [0.4, 0.5) is 8.78 Å². The molecule has 4 heteroatoms. The van der Waals surface area contributed by atoms with E-state index in [2.05, 4.69) is 5.32 Å². The molecule has 0 amide bonds. The van der Waals surface area contributed by atoms with Crippen LogP contribution in [0.5, 0.6) is 5.75 Å². The van der Waals surface area contributed by atoms with E-state index in [1.165, 1.54) is 6.07 Å². The molecule has 2 aromatic rings. The summed E-state index contributed by atoms with van der Waals surface area (Å²) >= 11 is 0. The monoisotopic (exact) mass is 291 g/mol. The average molecular weight is 291 g/mol. The third-order valence-corrected chi connectivity index (χ3v) is 3.29. The second kappa shape index (κ2) is 7.18. The second-order valence-corrected chi connectivity index (χ2v) is 4.85. The zero-order valence-corrected chi connectivity index (χ0v) is 12.2. The Morgan fingerprint density at radius 1 is 1.05 bits per heavy atom. The van der Waals surface area contributed by atoms with E-state index in [9.17, 15) is 8.78 Å². The van der Waals surface area contributed by atoms with Crippen molar-refractivity contribution in [3.8, 4) is 5.75 Å². The Morgan fingerprint density at radius 3 is 2.38 bits per heavy atom. The van der Waals surface area contributed by atoms with Gasteiger partial charge in [0.15, 0.2) is 11.6 Å². The lowest BCUT2D eigenvalue weighted by Crippen LogP contribution is -2.18. The van der Waals surface area contributed by atoms with E-state index in [4.69, 9.17) is 4.74 Å². The maximum absolute atomic E-state index is 13.2. The molecule has 0 saturated heterocycles. The molecule has 112 valence electrons. The number of nitrogens with one attached hydrogen (secondary N) is 1. The van der Waals surface area contributed by atoms with Gasteiger partial charge in [-0.25, -0.2) is 8.78 Å². The number of hydrogen-bond donors (Lipinski definition) is 1. The van der Waals surface area contributed by atoms with E-state index in [1.807, 2.05) is 38.1 Å². The van der Waals surface area contributed by atoms with Gasteiger partial charge in [0.05, 0.1) is 6.61 Å². The van der Waals surface area contributed by atoms with E-state index >= 15 is 0 Å². The molecule has 1 atom stereocenters. The summed E-state index contributed by atoms with van der Waals surface area (Å²) in [5.41, 5.74) is 1.83. The quantitative estimate of drug-likeness (QED) is 0.860. The zero-order chi connectivity index (χ0) is 15.2. The first-order chi connectivity index (χ1) is 10.1. The summed E-state index contributed by atoms with van der Waals surface area (Å²) in [6.45, 7) is 5.15. The van der Waals surface area contributed by atoms with Gasteiger partial charge in [0.25, 0.3) is 0 Å². The van der Waals surface area contributed by atoms with Crippen LogP contribution >= 0.6 is 0 Å². The number of rotatable bonds is 6. The summed E-state index contributed by atoms with van der Waals surface area (Å²) in [6, 6.07) is 11.7. The largest absolute Gasteiger partial charge is 0.494 e. The molecule has 2 nitrogen and oxygen atoms in total. The molecule has 2 rings (SSSR count). The number of hydrogen-bond acceptors (Lipinski definition) is 2. The lowest BCUT2D eigenvalue weighted by Gasteiger charge is -2.15. The Labute approximate surface area is 123 Å². The number of ether oxygens (including phenoxy) is 1. The van der Waals surface area contributed by atoms with Crippen molar-refractivity contribution in [2.24, 2.45) is 0 Å². The van der Waals surface area contributed by atoms with Gasteiger partial charge < -0.3 is 10.1 Å². The molecule has 0 fully saturated rings. The highest BCUT2D eigenvalue weighted by Gasteiger charge is 2.08. The fourth-order valence-corrected chi connectivity index (χ4v) is 2.04. The molecule has 0 radical (unpaired) electrons. The van der Waals surface area contributed by atoms with E-state index in [1.54, 1.807) is 6.07 Å². The van der Waals surface area contributed by atoms with E-state index in [0.29, 0.717) is 13.2 Å². The van der Waals surface area contributed by atoms with Crippen molar-refractivity contribution in [1.29, 1.82) is 0 Å². The summed E-state index contributed by atoms with van der Waals surface area (Å²) in [5.74, 6) is -0.797. The van der Waals surface area contributed by atoms with Crippen LogP contribution in [0.3, 0.4) is 0 Å². The average Bonchev–Trinajstić information content (AvgIpc) is 2.49. The Balaban J connectivity index is 1.93. The molecule has 21 heavy (non-hydrogen) atoms. The Bertz CT molecular complexity index is 584. The predicted molar refractivity (Wildman–Crippen MR) is 79.2 cm³/mol. The highest BCUT2D eigenvalue weighted by atomic mass is 19.2. The van der Waals surface area contributed by atoms with Gasteiger partial charge in [-0.15, -0.1) is 0 Å².